The highest BCUT2D eigenvalue weighted by Gasteiger charge is 2.25. The van der Waals surface area contributed by atoms with E-state index in [0.717, 1.165) is 26.3 Å². The lowest BCUT2D eigenvalue weighted by Crippen LogP contribution is -2.52. The van der Waals surface area contributed by atoms with E-state index >= 15 is 0 Å². The van der Waals surface area contributed by atoms with Gasteiger partial charge in [0.05, 0.1) is 19.3 Å². The fraction of sp³-hybridized carbons (Fsp3) is 1.00. The molecule has 4 heteroatoms. The third-order valence-corrected chi connectivity index (χ3v) is 2.74. The molecule has 1 heterocycles. The van der Waals surface area contributed by atoms with Crippen LogP contribution in [0, 0.1) is 0 Å². The van der Waals surface area contributed by atoms with E-state index in [4.69, 9.17) is 15.2 Å². The highest BCUT2D eigenvalue weighted by Crippen LogP contribution is 2.10. The summed E-state index contributed by atoms with van der Waals surface area (Å²) in [4.78, 5) is 2.38. The van der Waals surface area contributed by atoms with Crippen LogP contribution in [0.25, 0.3) is 0 Å². The van der Waals surface area contributed by atoms with Gasteiger partial charge in [-0.15, -0.1) is 0 Å². The van der Waals surface area contributed by atoms with E-state index in [0.29, 0.717) is 6.04 Å². The van der Waals surface area contributed by atoms with E-state index < -0.39 is 0 Å². The van der Waals surface area contributed by atoms with Crippen LogP contribution in [0.2, 0.25) is 0 Å². The molecule has 0 saturated carbocycles. The first-order chi connectivity index (χ1) is 6.65. The van der Waals surface area contributed by atoms with Crippen LogP contribution in [0.1, 0.15) is 13.8 Å². The molecule has 1 aliphatic rings. The van der Waals surface area contributed by atoms with Crippen molar-refractivity contribution in [2.45, 2.75) is 32.0 Å². The van der Waals surface area contributed by atoms with Gasteiger partial charge in [0.15, 0.2) is 0 Å². The molecule has 0 amide bonds. The molecule has 0 spiro atoms. The van der Waals surface area contributed by atoms with E-state index in [1.54, 1.807) is 7.11 Å². The number of hydrogen-bond acceptors (Lipinski definition) is 4. The Kier molecular flexibility index (Phi) is 4.81. The topological polar surface area (TPSA) is 47.7 Å². The van der Waals surface area contributed by atoms with Gasteiger partial charge in [-0.1, -0.05) is 0 Å². The van der Waals surface area contributed by atoms with Crippen molar-refractivity contribution in [3.63, 3.8) is 0 Å². The molecule has 14 heavy (non-hydrogen) atoms. The van der Waals surface area contributed by atoms with Gasteiger partial charge in [-0.25, -0.2) is 0 Å². The minimum absolute atomic E-state index is 0.104. The van der Waals surface area contributed by atoms with Crippen molar-refractivity contribution in [2.24, 2.45) is 5.73 Å². The Balaban J connectivity index is 2.39. The number of nitrogens with two attached hydrogens (primary N) is 1. The average molecular weight is 202 g/mol. The molecule has 1 saturated heterocycles. The molecule has 3 atom stereocenters. The summed E-state index contributed by atoms with van der Waals surface area (Å²) < 4.78 is 10.7. The van der Waals surface area contributed by atoms with Crippen molar-refractivity contribution >= 4 is 0 Å². The zero-order chi connectivity index (χ0) is 10.6. The largest absolute Gasteiger partial charge is 0.383 e. The lowest BCUT2D eigenvalue weighted by molar-refractivity contribution is -0.0578. The first kappa shape index (κ1) is 11.9. The lowest BCUT2D eigenvalue weighted by Gasteiger charge is -2.37. The first-order valence-corrected chi connectivity index (χ1v) is 5.25. The monoisotopic (exact) mass is 202 g/mol. The van der Waals surface area contributed by atoms with Crippen LogP contribution in [0.4, 0.5) is 0 Å². The van der Waals surface area contributed by atoms with Crippen LogP contribution in [-0.2, 0) is 9.47 Å². The van der Waals surface area contributed by atoms with Crippen LogP contribution in [0.3, 0.4) is 0 Å². The Hall–Kier alpha value is -0.160. The van der Waals surface area contributed by atoms with E-state index in [9.17, 15) is 0 Å². The maximum absolute atomic E-state index is 5.82. The van der Waals surface area contributed by atoms with E-state index in [1.807, 2.05) is 6.92 Å². The van der Waals surface area contributed by atoms with Gasteiger partial charge >= 0.3 is 0 Å². The van der Waals surface area contributed by atoms with Crippen molar-refractivity contribution in [1.82, 2.24) is 4.90 Å². The van der Waals surface area contributed by atoms with Crippen molar-refractivity contribution in [3.8, 4) is 0 Å². The Morgan fingerprint density at radius 3 is 2.86 bits per heavy atom. The minimum Gasteiger partial charge on any atom is -0.383 e. The molecule has 0 aromatic heterocycles. The van der Waals surface area contributed by atoms with Gasteiger partial charge in [0.2, 0.25) is 0 Å². The fourth-order valence-corrected chi connectivity index (χ4v) is 1.76. The summed E-state index contributed by atoms with van der Waals surface area (Å²) in [6, 6.07) is 0.553. The zero-order valence-corrected chi connectivity index (χ0v) is 9.40. The summed E-state index contributed by atoms with van der Waals surface area (Å²) in [5.41, 5.74) is 5.82. The molecular weight excluding hydrogens is 180 g/mol. The lowest BCUT2D eigenvalue weighted by atomic mass is 10.1. The number of hydrogen-bond donors (Lipinski definition) is 1. The molecule has 1 fully saturated rings. The van der Waals surface area contributed by atoms with Crippen molar-refractivity contribution in [2.75, 3.05) is 33.4 Å². The fourth-order valence-electron chi connectivity index (χ4n) is 1.76. The highest BCUT2D eigenvalue weighted by atomic mass is 16.5. The molecule has 0 aromatic rings. The van der Waals surface area contributed by atoms with E-state index in [1.165, 1.54) is 0 Å². The summed E-state index contributed by atoms with van der Waals surface area (Å²) in [6.45, 7) is 7.62. The van der Waals surface area contributed by atoms with Crippen LogP contribution in [-0.4, -0.2) is 56.5 Å². The van der Waals surface area contributed by atoms with Crippen LogP contribution >= 0.6 is 0 Å². The average Bonchev–Trinajstić information content (AvgIpc) is 2.18. The van der Waals surface area contributed by atoms with Crippen LogP contribution in [0.5, 0.6) is 0 Å². The summed E-state index contributed by atoms with van der Waals surface area (Å²) in [5, 5.41) is 0. The zero-order valence-electron chi connectivity index (χ0n) is 9.40. The summed E-state index contributed by atoms with van der Waals surface area (Å²) in [7, 11) is 1.74. The van der Waals surface area contributed by atoms with Gasteiger partial charge < -0.3 is 15.2 Å². The molecule has 0 radical (unpaired) electrons. The summed E-state index contributed by atoms with van der Waals surface area (Å²) in [6.07, 6.45) is 0.169. The quantitative estimate of drug-likeness (QED) is 0.701. The van der Waals surface area contributed by atoms with Gasteiger partial charge in [-0.2, -0.15) is 0 Å². The Bertz CT molecular complexity index is 164. The number of morpholine rings is 1. The number of nitrogens with zero attached hydrogens (tertiary/aromatic N) is 1. The van der Waals surface area contributed by atoms with Crippen LogP contribution in [0.15, 0.2) is 0 Å². The minimum atomic E-state index is 0.104. The van der Waals surface area contributed by atoms with Gasteiger partial charge in [-0.05, 0) is 13.8 Å². The van der Waals surface area contributed by atoms with Gasteiger partial charge in [-0.3, -0.25) is 4.90 Å². The van der Waals surface area contributed by atoms with Gasteiger partial charge in [0, 0.05) is 32.3 Å². The molecule has 3 unspecified atom stereocenters. The molecule has 4 nitrogen and oxygen atoms in total. The molecule has 84 valence electrons. The maximum atomic E-state index is 5.82. The van der Waals surface area contributed by atoms with Crippen molar-refractivity contribution < 1.29 is 9.47 Å². The maximum Gasteiger partial charge on any atom is 0.0850 e. The normalized spacial score (nSPS) is 28.7. The SMILES string of the molecule is COCC(C)N1CCOC(C(C)N)C1. The molecule has 1 aliphatic heterocycles. The van der Waals surface area contributed by atoms with Crippen LogP contribution < -0.4 is 5.73 Å². The number of ether oxygens (including phenoxy) is 2. The molecular formula is C10H22N2O2. The smallest absolute Gasteiger partial charge is 0.0850 e. The molecule has 1 rings (SSSR count). The third-order valence-electron chi connectivity index (χ3n) is 2.74. The highest BCUT2D eigenvalue weighted by molar-refractivity contribution is 4.80. The molecule has 0 aliphatic carbocycles. The Morgan fingerprint density at radius 2 is 2.29 bits per heavy atom. The van der Waals surface area contributed by atoms with Crippen molar-refractivity contribution in [3.05, 3.63) is 0 Å². The number of rotatable bonds is 4. The predicted octanol–water partition coefficient (Wildman–Crippen LogP) is 0.0693. The second-order valence-corrected chi connectivity index (χ2v) is 4.07. The molecule has 0 bridgehead atoms. The molecule has 2 N–H and O–H groups in total. The third kappa shape index (κ3) is 3.20. The standard InChI is InChI=1S/C10H22N2O2/c1-8(7-13-3)12-4-5-14-10(6-12)9(2)11/h8-10H,4-7,11H2,1-3H3. The predicted molar refractivity (Wildman–Crippen MR) is 56.3 cm³/mol. The van der Waals surface area contributed by atoms with E-state index in [-0.39, 0.29) is 12.1 Å². The summed E-state index contributed by atoms with van der Waals surface area (Å²) in [5.74, 6) is 0. The summed E-state index contributed by atoms with van der Waals surface area (Å²) >= 11 is 0. The van der Waals surface area contributed by atoms with E-state index in [2.05, 4.69) is 11.8 Å². The van der Waals surface area contributed by atoms with Crippen molar-refractivity contribution in [1.29, 1.82) is 0 Å². The molecule has 0 aromatic carbocycles. The Labute approximate surface area is 86.3 Å². The second-order valence-electron chi connectivity index (χ2n) is 4.07. The second kappa shape index (κ2) is 5.66. The van der Waals surface area contributed by atoms with Gasteiger partial charge in [0.25, 0.3) is 0 Å². The number of methoxy groups -OCH3 is 1. The van der Waals surface area contributed by atoms with Gasteiger partial charge in [0.1, 0.15) is 0 Å². The first-order valence-electron chi connectivity index (χ1n) is 5.25. The Morgan fingerprint density at radius 1 is 1.57 bits per heavy atom.